The fourth-order valence-electron chi connectivity index (χ4n) is 2.44. The van der Waals surface area contributed by atoms with Gasteiger partial charge in [-0.15, -0.1) is 0 Å². The molecule has 0 saturated heterocycles. The Balaban J connectivity index is 3.47. The molecule has 4 nitrogen and oxygen atoms in total. The van der Waals surface area contributed by atoms with Crippen LogP contribution in [-0.2, 0) is 4.79 Å². The van der Waals surface area contributed by atoms with Crippen molar-refractivity contribution in [3.05, 3.63) is 35.8 Å². The van der Waals surface area contributed by atoms with Crippen LogP contribution in [0.3, 0.4) is 0 Å². The van der Waals surface area contributed by atoms with E-state index in [4.69, 9.17) is 10.2 Å². The van der Waals surface area contributed by atoms with Gasteiger partial charge >= 0.3 is 5.97 Å². The zero-order chi connectivity index (χ0) is 18.0. The Morgan fingerprint density at radius 3 is 1.75 bits per heavy atom. The van der Waals surface area contributed by atoms with E-state index >= 15 is 0 Å². The highest BCUT2D eigenvalue weighted by molar-refractivity contribution is 5.84. The van der Waals surface area contributed by atoms with Crippen LogP contribution in [0.1, 0.15) is 84.0 Å². The molecule has 0 radical (unpaired) electrons. The average Bonchev–Trinajstić information content (AvgIpc) is 2.57. The van der Waals surface area contributed by atoms with Crippen LogP contribution in [0.2, 0.25) is 0 Å². The summed E-state index contributed by atoms with van der Waals surface area (Å²) in [6, 6.07) is 0. The van der Waals surface area contributed by atoms with Gasteiger partial charge < -0.3 is 15.3 Å². The van der Waals surface area contributed by atoms with Gasteiger partial charge in [0, 0.05) is 0 Å². The molecule has 24 heavy (non-hydrogen) atoms. The first-order valence-electron chi connectivity index (χ1n) is 9.28. The second-order valence-corrected chi connectivity index (χ2v) is 6.15. The molecular formula is C20H34O4. The third-order valence-electron chi connectivity index (χ3n) is 3.92. The quantitative estimate of drug-likeness (QED) is 0.143. The maximum Gasteiger partial charge on any atom is 0.374 e. The fourth-order valence-corrected chi connectivity index (χ4v) is 2.44. The van der Waals surface area contributed by atoms with Crippen molar-refractivity contribution in [3.63, 3.8) is 0 Å². The summed E-state index contributed by atoms with van der Waals surface area (Å²) in [7, 11) is 0. The topological polar surface area (TPSA) is 77.8 Å². The molecule has 0 aliphatic rings. The van der Waals surface area contributed by atoms with E-state index in [1.54, 1.807) is 6.08 Å². The van der Waals surface area contributed by atoms with Crippen LogP contribution >= 0.6 is 0 Å². The Morgan fingerprint density at radius 1 is 0.750 bits per heavy atom. The number of allylic oxidation sites excluding steroid dienone is 4. The standard InChI is InChI=1S/C20H34O4/c1-2-3-4-5-6-7-8-9-10-11-12-13-14-15-16-17-18(21)19(22)20(23)24/h14-17,21-22H,2-13H2,1H3,(H,23,24)/b15-14+,17-16+,19-18-. The van der Waals surface area contributed by atoms with Gasteiger partial charge in [-0.05, 0) is 18.9 Å². The first-order chi connectivity index (χ1) is 11.6. The van der Waals surface area contributed by atoms with Crippen molar-refractivity contribution in [1.82, 2.24) is 0 Å². The molecule has 0 aromatic rings. The van der Waals surface area contributed by atoms with E-state index in [0.29, 0.717) is 0 Å². The number of carboxylic acids is 1. The molecule has 0 fully saturated rings. The summed E-state index contributed by atoms with van der Waals surface area (Å²) in [6.45, 7) is 2.25. The van der Waals surface area contributed by atoms with E-state index < -0.39 is 17.5 Å². The second kappa shape index (κ2) is 16.2. The number of carboxylic acid groups (broad SMARTS) is 1. The van der Waals surface area contributed by atoms with Gasteiger partial charge in [0.2, 0.25) is 5.76 Å². The van der Waals surface area contributed by atoms with Gasteiger partial charge in [-0.1, -0.05) is 89.4 Å². The van der Waals surface area contributed by atoms with Gasteiger partial charge in [0.1, 0.15) is 0 Å². The third kappa shape index (κ3) is 13.9. The molecule has 0 aliphatic carbocycles. The maximum atomic E-state index is 10.4. The van der Waals surface area contributed by atoms with Crippen LogP contribution in [0.25, 0.3) is 0 Å². The zero-order valence-electron chi connectivity index (χ0n) is 15.0. The molecule has 0 heterocycles. The summed E-state index contributed by atoms with van der Waals surface area (Å²) in [6.07, 6.45) is 21.9. The molecule has 4 heteroatoms. The van der Waals surface area contributed by atoms with Crippen molar-refractivity contribution >= 4 is 5.97 Å². The van der Waals surface area contributed by atoms with E-state index in [9.17, 15) is 9.90 Å². The van der Waals surface area contributed by atoms with Crippen LogP contribution < -0.4 is 0 Å². The molecule has 0 bridgehead atoms. The number of carbonyl (C=O) groups is 1. The van der Waals surface area contributed by atoms with Gasteiger partial charge in [-0.25, -0.2) is 4.79 Å². The van der Waals surface area contributed by atoms with Crippen LogP contribution in [0, 0.1) is 0 Å². The number of aliphatic carboxylic acids is 1. The van der Waals surface area contributed by atoms with Gasteiger partial charge in [0.25, 0.3) is 0 Å². The number of unbranched alkanes of at least 4 members (excludes halogenated alkanes) is 11. The van der Waals surface area contributed by atoms with Crippen molar-refractivity contribution in [2.24, 2.45) is 0 Å². The highest BCUT2D eigenvalue weighted by Crippen LogP contribution is 2.12. The number of aliphatic hydroxyl groups is 2. The van der Waals surface area contributed by atoms with Crippen LogP contribution in [0.15, 0.2) is 35.8 Å². The van der Waals surface area contributed by atoms with Gasteiger partial charge in [-0.2, -0.15) is 0 Å². The van der Waals surface area contributed by atoms with Crippen molar-refractivity contribution in [1.29, 1.82) is 0 Å². The first-order valence-corrected chi connectivity index (χ1v) is 9.28. The molecule has 138 valence electrons. The number of rotatable bonds is 15. The summed E-state index contributed by atoms with van der Waals surface area (Å²) >= 11 is 0. The third-order valence-corrected chi connectivity index (χ3v) is 3.92. The molecule has 0 rings (SSSR count). The van der Waals surface area contributed by atoms with Crippen molar-refractivity contribution in [3.8, 4) is 0 Å². The SMILES string of the molecule is CCCCCCCCCCCCC/C=C/C=C/C(O)=C(/O)C(=O)O. The Kier molecular flexibility index (Phi) is 15.0. The minimum atomic E-state index is -1.54. The summed E-state index contributed by atoms with van der Waals surface area (Å²) in [4.78, 5) is 10.4. The Labute approximate surface area is 146 Å². The smallest absolute Gasteiger partial charge is 0.374 e. The van der Waals surface area contributed by atoms with E-state index in [2.05, 4.69) is 6.92 Å². The molecule has 0 aromatic heterocycles. The lowest BCUT2D eigenvalue weighted by Crippen LogP contribution is -2.02. The Morgan fingerprint density at radius 2 is 1.25 bits per heavy atom. The summed E-state index contributed by atoms with van der Waals surface area (Å²) in [5.74, 6) is -3.21. The van der Waals surface area contributed by atoms with E-state index in [1.165, 1.54) is 76.4 Å². The number of hydrogen-bond acceptors (Lipinski definition) is 3. The predicted molar refractivity (Wildman–Crippen MR) is 99.3 cm³/mol. The van der Waals surface area contributed by atoms with E-state index in [0.717, 1.165) is 12.8 Å². The molecule has 0 aromatic carbocycles. The average molecular weight is 338 g/mol. The molecule has 0 unspecified atom stereocenters. The van der Waals surface area contributed by atoms with Crippen LogP contribution in [0.4, 0.5) is 0 Å². The fraction of sp³-hybridized carbons (Fsp3) is 0.650. The lowest BCUT2D eigenvalue weighted by atomic mass is 10.1. The maximum absolute atomic E-state index is 10.4. The second-order valence-electron chi connectivity index (χ2n) is 6.15. The molecular weight excluding hydrogens is 304 g/mol. The monoisotopic (exact) mass is 338 g/mol. The Bertz CT molecular complexity index is 408. The number of hydrogen-bond donors (Lipinski definition) is 3. The number of aliphatic hydroxyl groups excluding tert-OH is 2. The highest BCUT2D eigenvalue weighted by atomic mass is 16.4. The highest BCUT2D eigenvalue weighted by Gasteiger charge is 2.08. The van der Waals surface area contributed by atoms with Crippen LogP contribution in [0.5, 0.6) is 0 Å². The lowest BCUT2D eigenvalue weighted by molar-refractivity contribution is -0.135. The largest absolute Gasteiger partial charge is 0.504 e. The van der Waals surface area contributed by atoms with Gasteiger partial charge in [-0.3, -0.25) is 0 Å². The van der Waals surface area contributed by atoms with Crippen molar-refractivity contribution < 1.29 is 20.1 Å². The lowest BCUT2D eigenvalue weighted by Gasteiger charge is -2.01. The molecule has 0 atom stereocenters. The van der Waals surface area contributed by atoms with E-state index in [1.807, 2.05) is 6.08 Å². The normalized spacial score (nSPS) is 12.9. The molecule has 0 amide bonds. The Hall–Kier alpha value is -1.71. The summed E-state index contributed by atoms with van der Waals surface area (Å²) < 4.78 is 0. The van der Waals surface area contributed by atoms with Gasteiger partial charge in [0.15, 0.2) is 5.76 Å². The molecule has 3 N–H and O–H groups in total. The zero-order valence-corrected chi connectivity index (χ0v) is 15.0. The van der Waals surface area contributed by atoms with Crippen molar-refractivity contribution in [2.75, 3.05) is 0 Å². The summed E-state index contributed by atoms with van der Waals surface area (Å²) in [5.41, 5.74) is 0. The minimum absolute atomic E-state index is 0.637. The van der Waals surface area contributed by atoms with E-state index in [-0.39, 0.29) is 0 Å². The first kappa shape index (κ1) is 22.3. The predicted octanol–water partition coefficient (Wildman–Crippen LogP) is 6.21. The van der Waals surface area contributed by atoms with Gasteiger partial charge in [0.05, 0.1) is 0 Å². The molecule has 0 spiro atoms. The summed E-state index contributed by atoms with van der Waals surface area (Å²) in [5, 5.41) is 26.6. The van der Waals surface area contributed by atoms with Crippen molar-refractivity contribution in [2.45, 2.75) is 84.0 Å². The van der Waals surface area contributed by atoms with Crippen LogP contribution in [-0.4, -0.2) is 21.3 Å². The minimum Gasteiger partial charge on any atom is -0.504 e. The molecule has 0 saturated carbocycles. The molecule has 0 aliphatic heterocycles.